The van der Waals surface area contributed by atoms with Gasteiger partial charge in [-0.1, -0.05) is 18.2 Å². The lowest BCUT2D eigenvalue weighted by atomic mass is 9.78. The lowest BCUT2D eigenvalue weighted by Gasteiger charge is -2.29. The molecule has 0 atom stereocenters. The van der Waals surface area contributed by atoms with Crippen LogP contribution in [0.1, 0.15) is 58.8 Å². The molecule has 0 unspecified atom stereocenters. The molecule has 6 heteroatoms. The van der Waals surface area contributed by atoms with Gasteiger partial charge < -0.3 is 10.3 Å². The fourth-order valence-corrected chi connectivity index (χ4v) is 5.28. The van der Waals surface area contributed by atoms with Gasteiger partial charge in [0.05, 0.1) is 28.4 Å². The van der Waals surface area contributed by atoms with Gasteiger partial charge in [-0.05, 0) is 86.4 Å². The van der Waals surface area contributed by atoms with Gasteiger partial charge in [-0.25, -0.2) is 4.39 Å². The van der Waals surface area contributed by atoms with Crippen molar-refractivity contribution in [2.24, 2.45) is 5.92 Å². The molecule has 5 nitrogen and oxygen atoms in total. The average molecular weight is 467 g/mol. The van der Waals surface area contributed by atoms with Crippen LogP contribution in [0.4, 0.5) is 4.39 Å². The van der Waals surface area contributed by atoms with Gasteiger partial charge in [0.15, 0.2) is 0 Å². The smallest absolute Gasteiger partial charge is 0.253 e. The largest absolute Gasteiger partial charge is 0.358 e. The maximum atomic E-state index is 13.9. The molecule has 1 amide bonds. The Labute approximate surface area is 204 Å². The molecule has 2 aromatic carbocycles. The number of nitrogens with one attached hydrogen (secondary N) is 2. The third-order valence-corrected chi connectivity index (χ3v) is 7.09. The van der Waals surface area contributed by atoms with Crippen molar-refractivity contribution in [1.82, 2.24) is 15.3 Å². The van der Waals surface area contributed by atoms with Crippen molar-refractivity contribution in [3.63, 3.8) is 0 Å². The Balaban J connectivity index is 1.24. The van der Waals surface area contributed by atoms with E-state index in [-0.39, 0.29) is 11.7 Å². The zero-order valence-electron chi connectivity index (χ0n) is 19.6. The summed E-state index contributed by atoms with van der Waals surface area (Å²) in [6, 6.07) is 18.1. The van der Waals surface area contributed by atoms with E-state index in [2.05, 4.69) is 21.4 Å². The van der Waals surface area contributed by atoms with Gasteiger partial charge in [0.1, 0.15) is 5.82 Å². The topological polar surface area (TPSA) is 81.6 Å². The third-order valence-electron chi connectivity index (χ3n) is 7.09. The molecular formula is C29H27FN4O. The van der Waals surface area contributed by atoms with Crippen LogP contribution in [-0.4, -0.2) is 22.4 Å². The Morgan fingerprint density at radius 1 is 1.14 bits per heavy atom. The third kappa shape index (κ3) is 4.67. The Morgan fingerprint density at radius 3 is 2.74 bits per heavy atom. The Morgan fingerprint density at radius 2 is 1.94 bits per heavy atom. The molecule has 4 aromatic rings. The maximum absolute atomic E-state index is 13.9. The van der Waals surface area contributed by atoms with Gasteiger partial charge in [0, 0.05) is 29.4 Å². The van der Waals surface area contributed by atoms with Crippen molar-refractivity contribution >= 4 is 16.8 Å². The first kappa shape index (κ1) is 22.8. The Hall–Kier alpha value is -3.98. The van der Waals surface area contributed by atoms with Crippen molar-refractivity contribution in [2.75, 3.05) is 6.54 Å². The lowest BCUT2D eigenvalue weighted by molar-refractivity contribution is 0.0943. The number of aromatic amines is 1. The van der Waals surface area contributed by atoms with Crippen molar-refractivity contribution in [1.29, 1.82) is 5.26 Å². The average Bonchev–Trinajstić information content (AvgIpc) is 3.28. The van der Waals surface area contributed by atoms with Crippen LogP contribution in [0, 0.1) is 30.0 Å². The number of nitrogens with zero attached hydrogens (tertiary/aromatic N) is 2. The summed E-state index contributed by atoms with van der Waals surface area (Å²) in [5.74, 6) is 0.403. The molecule has 0 radical (unpaired) electrons. The van der Waals surface area contributed by atoms with E-state index < -0.39 is 0 Å². The number of hydrogen-bond acceptors (Lipinski definition) is 3. The minimum Gasteiger partial charge on any atom is -0.358 e. The summed E-state index contributed by atoms with van der Waals surface area (Å²) in [7, 11) is 0. The highest BCUT2D eigenvalue weighted by Crippen LogP contribution is 2.38. The molecule has 1 fully saturated rings. The summed E-state index contributed by atoms with van der Waals surface area (Å²) in [5.41, 5.74) is 5.37. The second kappa shape index (κ2) is 9.71. The number of aromatic nitrogens is 2. The van der Waals surface area contributed by atoms with E-state index >= 15 is 0 Å². The van der Waals surface area contributed by atoms with Crippen molar-refractivity contribution in [2.45, 2.75) is 38.5 Å². The van der Waals surface area contributed by atoms with Gasteiger partial charge in [0.25, 0.3) is 5.91 Å². The van der Waals surface area contributed by atoms with E-state index in [0.717, 1.165) is 47.8 Å². The van der Waals surface area contributed by atoms with Gasteiger partial charge in [-0.2, -0.15) is 5.26 Å². The molecule has 1 saturated carbocycles. The highest BCUT2D eigenvalue weighted by Gasteiger charge is 2.25. The first-order valence-corrected chi connectivity index (χ1v) is 12.0. The van der Waals surface area contributed by atoms with Crippen LogP contribution in [0.2, 0.25) is 0 Å². The quantitative estimate of drug-likeness (QED) is 0.365. The van der Waals surface area contributed by atoms with E-state index in [1.54, 1.807) is 18.2 Å². The zero-order valence-corrected chi connectivity index (χ0v) is 19.6. The monoisotopic (exact) mass is 466 g/mol. The van der Waals surface area contributed by atoms with Crippen molar-refractivity contribution in [3.05, 3.63) is 89.0 Å². The first-order chi connectivity index (χ1) is 17.0. The summed E-state index contributed by atoms with van der Waals surface area (Å²) in [6.07, 6.45) is 5.81. The van der Waals surface area contributed by atoms with Gasteiger partial charge in [0.2, 0.25) is 0 Å². The molecular weight excluding hydrogens is 439 g/mol. The van der Waals surface area contributed by atoms with Crippen LogP contribution in [0.3, 0.4) is 0 Å². The molecule has 35 heavy (non-hydrogen) atoms. The first-order valence-electron chi connectivity index (χ1n) is 12.0. The Bertz CT molecular complexity index is 1430. The molecule has 0 bridgehead atoms. The number of rotatable bonds is 5. The lowest BCUT2D eigenvalue weighted by Crippen LogP contribution is -2.31. The fourth-order valence-electron chi connectivity index (χ4n) is 5.28. The predicted octanol–water partition coefficient (Wildman–Crippen LogP) is 6.25. The molecule has 0 aliphatic heterocycles. The standard InChI is InChI=1S/C29H27FN4O/c1-18-14-26(28(34-18)24-5-3-2-4-21(24)16-31)29(35)33-17-19-6-8-20(9-7-19)23-12-13-32-27-11-10-22(30)15-25(23)27/h2-5,10-15,19-20,34H,6-9,17H2,1H3,(H,33,35). The van der Waals surface area contributed by atoms with Crippen molar-refractivity contribution in [3.8, 4) is 17.3 Å². The molecule has 1 aliphatic rings. The van der Waals surface area contributed by atoms with E-state index in [9.17, 15) is 14.4 Å². The SMILES string of the molecule is Cc1cc(C(=O)NCC2CCC(c3ccnc4ccc(F)cc34)CC2)c(-c2ccccc2C#N)[nH]1. The number of nitriles is 1. The molecule has 5 rings (SSSR count). The van der Waals surface area contributed by atoms with Crippen LogP contribution >= 0.6 is 0 Å². The summed E-state index contributed by atoms with van der Waals surface area (Å²) in [4.78, 5) is 20.7. The van der Waals surface area contributed by atoms with Gasteiger partial charge in [-0.15, -0.1) is 0 Å². The van der Waals surface area contributed by atoms with Crippen LogP contribution < -0.4 is 5.32 Å². The number of carbonyl (C=O) groups is 1. The van der Waals surface area contributed by atoms with Crippen LogP contribution in [0.5, 0.6) is 0 Å². The molecule has 2 aromatic heterocycles. The highest BCUT2D eigenvalue weighted by atomic mass is 19.1. The second-order valence-corrected chi connectivity index (χ2v) is 9.39. The van der Waals surface area contributed by atoms with Crippen molar-refractivity contribution < 1.29 is 9.18 Å². The molecule has 1 aliphatic carbocycles. The highest BCUT2D eigenvalue weighted by molar-refractivity contribution is 6.01. The molecule has 2 N–H and O–H groups in total. The van der Waals surface area contributed by atoms with Crippen LogP contribution in [0.15, 0.2) is 60.8 Å². The number of pyridine rings is 1. The number of fused-ring (bicyclic) bond motifs is 1. The molecule has 0 spiro atoms. The van der Waals surface area contributed by atoms with E-state index in [0.29, 0.717) is 35.2 Å². The number of hydrogen-bond donors (Lipinski definition) is 2. The number of amides is 1. The second-order valence-electron chi connectivity index (χ2n) is 9.39. The fraction of sp³-hybridized carbons (Fsp3) is 0.276. The molecule has 0 saturated heterocycles. The number of halogens is 1. The van der Waals surface area contributed by atoms with E-state index in [4.69, 9.17) is 0 Å². The van der Waals surface area contributed by atoms with Crippen LogP contribution in [0.25, 0.3) is 22.2 Å². The Kier molecular flexibility index (Phi) is 6.33. The minimum atomic E-state index is -0.236. The summed E-state index contributed by atoms with van der Waals surface area (Å²) in [6.45, 7) is 2.52. The zero-order chi connectivity index (χ0) is 24.4. The van der Waals surface area contributed by atoms with E-state index in [1.165, 1.54) is 11.6 Å². The predicted molar refractivity (Wildman–Crippen MR) is 134 cm³/mol. The van der Waals surface area contributed by atoms with Gasteiger partial charge in [-0.3, -0.25) is 9.78 Å². The number of carbonyl (C=O) groups excluding carboxylic acids is 1. The maximum Gasteiger partial charge on any atom is 0.253 e. The molecule has 176 valence electrons. The minimum absolute atomic E-state index is 0.130. The van der Waals surface area contributed by atoms with Crippen LogP contribution in [-0.2, 0) is 0 Å². The number of aryl methyl sites for hydroxylation is 1. The number of benzene rings is 2. The summed E-state index contributed by atoms with van der Waals surface area (Å²) < 4.78 is 13.9. The number of H-pyrrole nitrogens is 1. The molecule has 2 heterocycles. The van der Waals surface area contributed by atoms with Gasteiger partial charge >= 0.3 is 0 Å². The summed E-state index contributed by atoms with van der Waals surface area (Å²) in [5, 5.41) is 13.5. The normalized spacial score (nSPS) is 17.7. The summed E-state index contributed by atoms with van der Waals surface area (Å²) >= 11 is 0. The van der Waals surface area contributed by atoms with E-state index in [1.807, 2.05) is 43.5 Å².